The predicted octanol–water partition coefficient (Wildman–Crippen LogP) is 3.81. The van der Waals surface area contributed by atoms with Crippen molar-refractivity contribution in [2.45, 2.75) is 6.54 Å². The van der Waals surface area contributed by atoms with Crippen LogP contribution in [0.15, 0.2) is 40.9 Å². The van der Waals surface area contributed by atoms with Gasteiger partial charge in [0.15, 0.2) is 0 Å². The zero-order valence-corrected chi connectivity index (χ0v) is 11.7. The van der Waals surface area contributed by atoms with Gasteiger partial charge in [0, 0.05) is 24.4 Å². The van der Waals surface area contributed by atoms with E-state index in [9.17, 15) is 19.6 Å². The van der Waals surface area contributed by atoms with Crippen molar-refractivity contribution >= 4 is 27.3 Å². The number of phenols is 1. The van der Waals surface area contributed by atoms with Crippen molar-refractivity contribution in [3.8, 4) is 5.75 Å². The molecule has 0 atom stereocenters. The Morgan fingerprint density at radius 2 is 2.05 bits per heavy atom. The molecule has 0 bridgehead atoms. The molecule has 0 aliphatic carbocycles. The fourth-order valence-electron chi connectivity index (χ4n) is 1.70. The third-order valence-electron chi connectivity index (χ3n) is 2.58. The Balaban J connectivity index is 2.14. The summed E-state index contributed by atoms with van der Waals surface area (Å²) in [7, 11) is 0. The average molecular weight is 341 g/mol. The Kier molecular flexibility index (Phi) is 4.19. The van der Waals surface area contributed by atoms with Crippen LogP contribution < -0.4 is 5.32 Å². The Bertz CT molecular complexity index is 644. The second kappa shape index (κ2) is 5.87. The standard InChI is InChI=1S/C13H10BrFN2O3/c14-12-2-1-10(6-13(12)17(19)20)16-7-8-3-9(15)5-11(18)4-8/h1-6,16,18H,7H2. The highest BCUT2D eigenvalue weighted by molar-refractivity contribution is 9.10. The van der Waals surface area contributed by atoms with Gasteiger partial charge in [-0.25, -0.2) is 4.39 Å². The zero-order valence-electron chi connectivity index (χ0n) is 10.1. The molecule has 0 radical (unpaired) electrons. The van der Waals surface area contributed by atoms with Gasteiger partial charge in [-0.05, 0) is 45.8 Å². The van der Waals surface area contributed by atoms with Crippen molar-refractivity contribution in [2.24, 2.45) is 0 Å². The maximum atomic E-state index is 13.1. The molecule has 5 nitrogen and oxygen atoms in total. The largest absolute Gasteiger partial charge is 0.508 e. The molecule has 2 rings (SSSR count). The topological polar surface area (TPSA) is 75.4 Å². The molecule has 104 valence electrons. The summed E-state index contributed by atoms with van der Waals surface area (Å²) < 4.78 is 13.5. The lowest BCUT2D eigenvalue weighted by Crippen LogP contribution is -2.00. The molecule has 0 heterocycles. The lowest BCUT2D eigenvalue weighted by Gasteiger charge is -2.07. The lowest BCUT2D eigenvalue weighted by atomic mass is 10.2. The van der Waals surface area contributed by atoms with E-state index in [1.54, 1.807) is 12.1 Å². The minimum atomic E-state index is -0.538. The van der Waals surface area contributed by atoms with E-state index in [-0.39, 0.29) is 18.0 Å². The van der Waals surface area contributed by atoms with E-state index >= 15 is 0 Å². The molecule has 2 N–H and O–H groups in total. The molecule has 0 fully saturated rings. The summed E-state index contributed by atoms with van der Waals surface area (Å²) in [6.45, 7) is 0.240. The van der Waals surface area contributed by atoms with Crippen LogP contribution in [0.3, 0.4) is 0 Å². The number of rotatable bonds is 4. The van der Waals surface area contributed by atoms with Crippen molar-refractivity contribution in [3.63, 3.8) is 0 Å². The van der Waals surface area contributed by atoms with E-state index in [4.69, 9.17) is 0 Å². The number of nitrogens with zero attached hydrogens (tertiary/aromatic N) is 1. The molecular weight excluding hydrogens is 331 g/mol. The quantitative estimate of drug-likeness (QED) is 0.655. The van der Waals surface area contributed by atoms with Gasteiger partial charge in [-0.2, -0.15) is 0 Å². The number of nitrogens with one attached hydrogen (secondary N) is 1. The highest BCUT2D eigenvalue weighted by atomic mass is 79.9. The summed E-state index contributed by atoms with van der Waals surface area (Å²) >= 11 is 3.09. The van der Waals surface area contributed by atoms with Gasteiger partial charge in [0.05, 0.1) is 9.40 Å². The Morgan fingerprint density at radius 1 is 1.30 bits per heavy atom. The van der Waals surface area contributed by atoms with Crippen molar-refractivity contribution in [1.29, 1.82) is 0 Å². The van der Waals surface area contributed by atoms with E-state index in [1.807, 2.05) is 0 Å². The first-order valence-electron chi connectivity index (χ1n) is 5.62. The van der Waals surface area contributed by atoms with Gasteiger partial charge >= 0.3 is 0 Å². The van der Waals surface area contributed by atoms with Gasteiger partial charge in [-0.15, -0.1) is 0 Å². The smallest absolute Gasteiger partial charge is 0.285 e. The monoisotopic (exact) mass is 340 g/mol. The van der Waals surface area contributed by atoms with Gasteiger partial charge in [0.1, 0.15) is 11.6 Å². The minimum Gasteiger partial charge on any atom is -0.508 e. The van der Waals surface area contributed by atoms with Crippen LogP contribution in [0.5, 0.6) is 5.75 Å². The van der Waals surface area contributed by atoms with Gasteiger partial charge in [-0.3, -0.25) is 10.1 Å². The van der Waals surface area contributed by atoms with E-state index in [0.717, 1.165) is 6.07 Å². The second-order valence-electron chi connectivity index (χ2n) is 4.09. The number of hydrogen-bond acceptors (Lipinski definition) is 4. The molecule has 2 aromatic rings. The van der Waals surface area contributed by atoms with Gasteiger partial charge in [0.2, 0.25) is 0 Å². The first-order chi connectivity index (χ1) is 9.45. The fraction of sp³-hybridized carbons (Fsp3) is 0.0769. The van der Waals surface area contributed by atoms with Crippen LogP contribution in [-0.4, -0.2) is 10.0 Å². The van der Waals surface area contributed by atoms with Gasteiger partial charge in [-0.1, -0.05) is 0 Å². The van der Waals surface area contributed by atoms with Crippen LogP contribution in [-0.2, 0) is 6.54 Å². The van der Waals surface area contributed by atoms with Crippen molar-refractivity contribution in [3.05, 3.63) is 62.4 Å². The number of phenolic OH excluding ortho intramolecular Hbond substituents is 1. The summed E-state index contributed by atoms with van der Waals surface area (Å²) in [5, 5.41) is 23.0. The normalized spacial score (nSPS) is 10.3. The number of aromatic hydroxyl groups is 1. The second-order valence-corrected chi connectivity index (χ2v) is 4.95. The maximum Gasteiger partial charge on any atom is 0.285 e. The molecule has 0 aliphatic heterocycles. The number of anilines is 1. The first-order valence-corrected chi connectivity index (χ1v) is 6.41. The third-order valence-corrected chi connectivity index (χ3v) is 3.25. The summed E-state index contributed by atoms with van der Waals surface area (Å²) in [6, 6.07) is 8.31. The summed E-state index contributed by atoms with van der Waals surface area (Å²) in [6.07, 6.45) is 0. The molecule has 0 amide bonds. The van der Waals surface area contributed by atoms with Crippen LogP contribution in [0, 0.1) is 15.9 Å². The van der Waals surface area contributed by atoms with Crippen LogP contribution in [0.4, 0.5) is 15.8 Å². The van der Waals surface area contributed by atoms with E-state index < -0.39 is 10.7 Å². The number of halogens is 2. The number of nitro benzene ring substituents is 1. The number of nitro groups is 1. The highest BCUT2D eigenvalue weighted by Gasteiger charge is 2.12. The van der Waals surface area contributed by atoms with Crippen molar-refractivity contribution < 1.29 is 14.4 Å². The van der Waals surface area contributed by atoms with Crippen LogP contribution in [0.1, 0.15) is 5.56 Å². The molecule has 0 aliphatic rings. The number of hydrogen-bond donors (Lipinski definition) is 2. The zero-order chi connectivity index (χ0) is 14.7. The summed E-state index contributed by atoms with van der Waals surface area (Å²) in [4.78, 5) is 10.3. The van der Waals surface area contributed by atoms with Gasteiger partial charge < -0.3 is 10.4 Å². The van der Waals surface area contributed by atoms with E-state index in [2.05, 4.69) is 21.2 Å². The average Bonchev–Trinajstić information content (AvgIpc) is 2.36. The molecule has 0 saturated heterocycles. The predicted molar refractivity (Wildman–Crippen MR) is 76.2 cm³/mol. The maximum absolute atomic E-state index is 13.1. The summed E-state index contributed by atoms with van der Waals surface area (Å²) in [5.41, 5.74) is 1.01. The Morgan fingerprint density at radius 3 is 2.70 bits per heavy atom. The van der Waals surface area contributed by atoms with Crippen LogP contribution in [0.2, 0.25) is 0 Å². The molecular formula is C13H10BrFN2O3. The summed E-state index contributed by atoms with van der Waals surface area (Å²) in [5.74, 6) is -0.702. The highest BCUT2D eigenvalue weighted by Crippen LogP contribution is 2.28. The molecule has 7 heteroatoms. The molecule has 0 unspecified atom stereocenters. The Labute approximate surface area is 122 Å². The van der Waals surface area contributed by atoms with Gasteiger partial charge in [0.25, 0.3) is 5.69 Å². The van der Waals surface area contributed by atoms with Crippen LogP contribution in [0.25, 0.3) is 0 Å². The van der Waals surface area contributed by atoms with Crippen LogP contribution >= 0.6 is 15.9 Å². The Hall–Kier alpha value is -2.15. The first kappa shape index (κ1) is 14.3. The number of benzene rings is 2. The fourth-order valence-corrected chi connectivity index (χ4v) is 2.09. The molecule has 20 heavy (non-hydrogen) atoms. The SMILES string of the molecule is O=[N+]([O-])c1cc(NCc2cc(O)cc(F)c2)ccc1Br. The van der Waals surface area contributed by atoms with E-state index in [1.165, 1.54) is 18.2 Å². The molecule has 0 saturated carbocycles. The molecule has 0 aromatic heterocycles. The lowest BCUT2D eigenvalue weighted by molar-refractivity contribution is -0.385. The molecule has 0 spiro atoms. The molecule has 2 aromatic carbocycles. The van der Waals surface area contributed by atoms with Crippen molar-refractivity contribution in [1.82, 2.24) is 0 Å². The third kappa shape index (κ3) is 3.45. The minimum absolute atomic E-state index is 0.0583. The van der Waals surface area contributed by atoms with Crippen molar-refractivity contribution in [2.75, 3.05) is 5.32 Å². The van der Waals surface area contributed by atoms with E-state index in [0.29, 0.717) is 15.7 Å².